The lowest BCUT2D eigenvalue weighted by atomic mass is 10.3. The van der Waals surface area contributed by atoms with Gasteiger partial charge in [-0.3, -0.25) is 9.59 Å². The van der Waals surface area contributed by atoms with E-state index in [1.54, 1.807) is 36.4 Å². The fourth-order valence-corrected chi connectivity index (χ4v) is 2.44. The molecule has 0 atom stereocenters. The molecule has 0 bridgehead atoms. The summed E-state index contributed by atoms with van der Waals surface area (Å²) in [6, 6.07) is 15.4. The van der Waals surface area contributed by atoms with Gasteiger partial charge in [-0.15, -0.1) is 0 Å². The molecule has 1 aliphatic heterocycles. The van der Waals surface area contributed by atoms with Gasteiger partial charge in [0.1, 0.15) is 10.7 Å². The number of anilines is 2. The Balaban J connectivity index is 1.91. The minimum atomic E-state index is -0.563. The van der Waals surface area contributed by atoms with Crippen LogP contribution in [0.1, 0.15) is 0 Å². The summed E-state index contributed by atoms with van der Waals surface area (Å²) in [7, 11) is 0. The van der Waals surface area contributed by atoms with Gasteiger partial charge >= 0.3 is 0 Å². The van der Waals surface area contributed by atoms with E-state index in [2.05, 4.69) is 5.32 Å². The SMILES string of the molecule is O=C1C(Cl)=C(Nc2ccccc2)C(=O)N1c1ccc(Cl)cc1. The van der Waals surface area contributed by atoms with E-state index < -0.39 is 11.8 Å². The van der Waals surface area contributed by atoms with Crippen molar-refractivity contribution in [2.45, 2.75) is 0 Å². The lowest BCUT2D eigenvalue weighted by Gasteiger charge is -2.15. The Morgan fingerprint density at radius 1 is 0.818 bits per heavy atom. The van der Waals surface area contributed by atoms with Crippen molar-refractivity contribution in [3.63, 3.8) is 0 Å². The lowest BCUT2D eigenvalue weighted by molar-refractivity contribution is -0.120. The number of para-hydroxylation sites is 1. The summed E-state index contributed by atoms with van der Waals surface area (Å²) in [4.78, 5) is 25.7. The molecule has 3 rings (SSSR count). The summed E-state index contributed by atoms with van der Waals surface area (Å²) in [5.74, 6) is -1.06. The summed E-state index contributed by atoms with van der Waals surface area (Å²) in [6.07, 6.45) is 0. The first-order valence-corrected chi connectivity index (χ1v) is 7.20. The lowest BCUT2D eigenvalue weighted by Crippen LogP contribution is -2.32. The molecule has 0 unspecified atom stereocenters. The second kappa shape index (κ2) is 5.83. The predicted molar refractivity (Wildman–Crippen MR) is 86.9 cm³/mol. The number of nitrogens with one attached hydrogen (secondary N) is 1. The van der Waals surface area contributed by atoms with Crippen molar-refractivity contribution in [2.24, 2.45) is 0 Å². The van der Waals surface area contributed by atoms with Crippen LogP contribution in [0.25, 0.3) is 0 Å². The van der Waals surface area contributed by atoms with Gasteiger partial charge in [0, 0.05) is 10.7 Å². The quantitative estimate of drug-likeness (QED) is 0.870. The Morgan fingerprint density at radius 3 is 2.09 bits per heavy atom. The first-order chi connectivity index (χ1) is 10.6. The molecule has 0 saturated carbocycles. The highest BCUT2D eigenvalue weighted by Crippen LogP contribution is 2.30. The van der Waals surface area contributed by atoms with E-state index in [1.165, 1.54) is 0 Å². The van der Waals surface area contributed by atoms with Crippen LogP contribution < -0.4 is 10.2 Å². The summed E-state index contributed by atoms with van der Waals surface area (Å²) >= 11 is 11.8. The number of amides is 2. The second-order valence-corrected chi connectivity index (χ2v) is 5.42. The number of benzene rings is 2. The summed E-state index contributed by atoms with van der Waals surface area (Å²) in [6.45, 7) is 0. The Morgan fingerprint density at radius 2 is 1.45 bits per heavy atom. The van der Waals surface area contributed by atoms with Crippen LogP contribution in [0.4, 0.5) is 11.4 Å². The van der Waals surface area contributed by atoms with Gasteiger partial charge < -0.3 is 5.32 Å². The van der Waals surface area contributed by atoms with Crippen molar-refractivity contribution in [2.75, 3.05) is 10.2 Å². The zero-order valence-electron chi connectivity index (χ0n) is 11.2. The van der Waals surface area contributed by atoms with E-state index >= 15 is 0 Å². The molecule has 0 radical (unpaired) electrons. The molecule has 22 heavy (non-hydrogen) atoms. The van der Waals surface area contributed by atoms with Crippen molar-refractivity contribution in [3.8, 4) is 0 Å². The maximum Gasteiger partial charge on any atom is 0.283 e. The molecule has 2 aromatic carbocycles. The van der Waals surface area contributed by atoms with Crippen molar-refractivity contribution in [1.82, 2.24) is 0 Å². The van der Waals surface area contributed by atoms with Gasteiger partial charge in [0.25, 0.3) is 11.8 Å². The molecule has 0 spiro atoms. The molecule has 1 heterocycles. The van der Waals surface area contributed by atoms with Gasteiger partial charge in [0.2, 0.25) is 0 Å². The average Bonchev–Trinajstić information content (AvgIpc) is 2.73. The Kier molecular flexibility index (Phi) is 3.88. The van der Waals surface area contributed by atoms with Crippen LogP contribution in [-0.2, 0) is 9.59 Å². The summed E-state index contributed by atoms with van der Waals surface area (Å²) in [5, 5.41) is 3.27. The van der Waals surface area contributed by atoms with E-state index in [0.29, 0.717) is 16.4 Å². The number of halogens is 2. The molecule has 0 fully saturated rings. The number of imide groups is 1. The highest BCUT2D eigenvalue weighted by Gasteiger charge is 2.38. The first-order valence-electron chi connectivity index (χ1n) is 6.44. The highest BCUT2D eigenvalue weighted by molar-refractivity contribution is 6.53. The van der Waals surface area contributed by atoms with Crippen molar-refractivity contribution in [3.05, 3.63) is 70.3 Å². The zero-order chi connectivity index (χ0) is 15.7. The van der Waals surface area contributed by atoms with Crippen LogP contribution in [0.3, 0.4) is 0 Å². The van der Waals surface area contributed by atoms with Crippen LogP contribution in [-0.4, -0.2) is 11.8 Å². The van der Waals surface area contributed by atoms with E-state index in [9.17, 15) is 9.59 Å². The van der Waals surface area contributed by atoms with Crippen LogP contribution in [0.5, 0.6) is 0 Å². The largest absolute Gasteiger partial charge is 0.350 e. The van der Waals surface area contributed by atoms with E-state index in [-0.39, 0.29) is 10.7 Å². The third-order valence-corrected chi connectivity index (χ3v) is 3.76. The Hall–Kier alpha value is -2.30. The van der Waals surface area contributed by atoms with Crippen LogP contribution in [0.15, 0.2) is 65.3 Å². The second-order valence-electron chi connectivity index (χ2n) is 4.60. The number of carbonyl (C=O) groups excluding carboxylic acids is 2. The number of nitrogens with zero attached hydrogens (tertiary/aromatic N) is 1. The van der Waals surface area contributed by atoms with E-state index in [1.807, 2.05) is 18.2 Å². The van der Waals surface area contributed by atoms with Gasteiger partial charge in [0.15, 0.2) is 0 Å². The predicted octanol–water partition coefficient (Wildman–Crippen LogP) is 3.78. The Bertz CT molecular complexity index is 770. The van der Waals surface area contributed by atoms with Crippen molar-refractivity contribution in [1.29, 1.82) is 0 Å². The van der Waals surface area contributed by atoms with Gasteiger partial charge in [-0.05, 0) is 36.4 Å². The fraction of sp³-hybridized carbons (Fsp3) is 0. The molecule has 0 aliphatic carbocycles. The van der Waals surface area contributed by atoms with Crippen LogP contribution in [0.2, 0.25) is 5.02 Å². The minimum absolute atomic E-state index is 0.0628. The summed E-state index contributed by atoms with van der Waals surface area (Å²) < 4.78 is 0. The number of rotatable bonds is 3. The van der Waals surface area contributed by atoms with Gasteiger partial charge in [-0.2, -0.15) is 0 Å². The standard InChI is InChI=1S/C16H10Cl2N2O2/c17-10-6-8-12(9-7-10)20-15(21)13(18)14(16(20)22)19-11-4-2-1-3-5-11/h1-9,19H. The molecule has 110 valence electrons. The van der Waals surface area contributed by atoms with Crippen LogP contribution >= 0.6 is 23.2 Å². The topological polar surface area (TPSA) is 49.4 Å². The maximum absolute atomic E-state index is 12.5. The highest BCUT2D eigenvalue weighted by atomic mass is 35.5. The third kappa shape index (κ3) is 2.58. The van der Waals surface area contributed by atoms with Gasteiger partial charge in [-0.1, -0.05) is 41.4 Å². The maximum atomic E-state index is 12.5. The van der Waals surface area contributed by atoms with Gasteiger partial charge in [0.05, 0.1) is 5.69 Å². The minimum Gasteiger partial charge on any atom is -0.350 e. The van der Waals surface area contributed by atoms with E-state index in [0.717, 1.165) is 4.90 Å². The molecule has 6 heteroatoms. The fourth-order valence-electron chi connectivity index (χ4n) is 2.10. The monoisotopic (exact) mass is 332 g/mol. The van der Waals surface area contributed by atoms with Crippen LogP contribution in [0, 0.1) is 0 Å². The van der Waals surface area contributed by atoms with E-state index in [4.69, 9.17) is 23.2 Å². The third-order valence-electron chi connectivity index (χ3n) is 3.16. The van der Waals surface area contributed by atoms with Gasteiger partial charge in [-0.25, -0.2) is 4.90 Å². The molecule has 0 aromatic heterocycles. The zero-order valence-corrected chi connectivity index (χ0v) is 12.7. The smallest absolute Gasteiger partial charge is 0.283 e. The molecular weight excluding hydrogens is 323 g/mol. The molecule has 0 saturated heterocycles. The molecular formula is C16H10Cl2N2O2. The number of carbonyl (C=O) groups is 2. The average molecular weight is 333 g/mol. The number of hydrogen-bond acceptors (Lipinski definition) is 3. The molecule has 2 amide bonds. The van der Waals surface area contributed by atoms with Crippen molar-refractivity contribution < 1.29 is 9.59 Å². The molecule has 4 nitrogen and oxygen atoms in total. The summed E-state index contributed by atoms with van der Waals surface area (Å²) in [5.41, 5.74) is 1.16. The Labute approximate surface area is 136 Å². The normalized spacial score (nSPS) is 14.7. The molecule has 2 aromatic rings. The molecule has 1 aliphatic rings. The molecule has 1 N–H and O–H groups in total. The first kappa shape index (κ1) is 14.6. The van der Waals surface area contributed by atoms with Crippen molar-refractivity contribution >= 4 is 46.4 Å². The number of hydrogen-bond donors (Lipinski definition) is 1.